The minimum Gasteiger partial charge on any atom is -0.395 e. The molecule has 0 unspecified atom stereocenters. The van der Waals surface area contributed by atoms with Crippen molar-refractivity contribution >= 4 is 16.8 Å². The molecule has 0 atom stereocenters. The maximum Gasteiger partial charge on any atom is 0.242 e. The molecule has 20 heavy (non-hydrogen) atoms. The number of carbonyl (C=O) groups is 1. The summed E-state index contributed by atoms with van der Waals surface area (Å²) in [6.45, 7) is 2.87. The standard InChI is InChI=1S/C16H20N2O2/c1-12-10-13-4-2-3-5-15(13)18(12)11-16(20)17(8-9-19)14-6-7-14/h2-5,10,14,19H,6-9,11H2,1H3. The van der Waals surface area contributed by atoms with Crippen LogP contribution >= 0.6 is 0 Å². The zero-order valence-corrected chi connectivity index (χ0v) is 11.7. The van der Waals surface area contributed by atoms with E-state index in [2.05, 4.69) is 16.7 Å². The van der Waals surface area contributed by atoms with Gasteiger partial charge in [0.2, 0.25) is 5.91 Å². The Balaban J connectivity index is 1.84. The van der Waals surface area contributed by atoms with Gasteiger partial charge in [0.15, 0.2) is 0 Å². The van der Waals surface area contributed by atoms with Crippen molar-refractivity contribution in [2.24, 2.45) is 0 Å². The Hall–Kier alpha value is -1.81. The molecule has 1 saturated carbocycles. The first kappa shape index (κ1) is 13.2. The third-order valence-electron chi connectivity index (χ3n) is 3.96. The Morgan fingerprint density at radius 2 is 2.15 bits per heavy atom. The number of rotatable bonds is 5. The van der Waals surface area contributed by atoms with E-state index < -0.39 is 0 Å². The monoisotopic (exact) mass is 272 g/mol. The molecule has 1 fully saturated rings. The molecule has 0 aliphatic heterocycles. The molecule has 1 aromatic carbocycles. The number of nitrogens with zero attached hydrogens (tertiary/aromatic N) is 2. The number of hydrogen-bond donors (Lipinski definition) is 1. The quantitative estimate of drug-likeness (QED) is 0.904. The molecule has 1 amide bonds. The molecule has 4 heteroatoms. The van der Waals surface area contributed by atoms with E-state index in [0.29, 0.717) is 19.1 Å². The van der Waals surface area contributed by atoms with Crippen molar-refractivity contribution in [3.8, 4) is 0 Å². The number of benzene rings is 1. The van der Waals surface area contributed by atoms with Crippen LogP contribution in [-0.2, 0) is 11.3 Å². The predicted molar refractivity (Wildman–Crippen MR) is 78.5 cm³/mol. The molecule has 4 nitrogen and oxygen atoms in total. The molecule has 0 radical (unpaired) electrons. The molecule has 1 aliphatic carbocycles. The first-order chi connectivity index (χ1) is 9.70. The lowest BCUT2D eigenvalue weighted by Gasteiger charge is -2.22. The Morgan fingerprint density at radius 1 is 1.40 bits per heavy atom. The summed E-state index contributed by atoms with van der Waals surface area (Å²) in [5.74, 6) is 0.103. The SMILES string of the molecule is Cc1cc2ccccc2n1CC(=O)N(CCO)C1CC1. The molecule has 1 heterocycles. The third kappa shape index (κ3) is 2.43. The summed E-state index contributed by atoms with van der Waals surface area (Å²) in [6.07, 6.45) is 2.13. The summed E-state index contributed by atoms with van der Waals surface area (Å²) in [6, 6.07) is 10.6. The van der Waals surface area contributed by atoms with Crippen molar-refractivity contribution in [3.05, 3.63) is 36.0 Å². The van der Waals surface area contributed by atoms with Crippen LogP contribution in [0.5, 0.6) is 0 Å². The number of amides is 1. The molecule has 0 bridgehead atoms. The van der Waals surface area contributed by atoms with E-state index in [0.717, 1.165) is 29.4 Å². The number of aryl methyl sites for hydroxylation is 1. The highest BCUT2D eigenvalue weighted by Crippen LogP contribution is 2.27. The van der Waals surface area contributed by atoms with Crippen molar-refractivity contribution in [1.82, 2.24) is 9.47 Å². The molecule has 1 N–H and O–H groups in total. The normalized spacial score (nSPS) is 14.7. The van der Waals surface area contributed by atoms with Gasteiger partial charge < -0.3 is 14.6 Å². The van der Waals surface area contributed by atoms with E-state index in [9.17, 15) is 4.79 Å². The smallest absolute Gasteiger partial charge is 0.242 e. The first-order valence-electron chi connectivity index (χ1n) is 7.16. The van der Waals surface area contributed by atoms with Crippen LogP contribution in [0.3, 0.4) is 0 Å². The van der Waals surface area contributed by atoms with Crippen molar-refractivity contribution in [2.45, 2.75) is 32.4 Å². The predicted octanol–water partition coefficient (Wildman–Crippen LogP) is 1.93. The Morgan fingerprint density at radius 3 is 2.85 bits per heavy atom. The van der Waals surface area contributed by atoms with Crippen LogP contribution in [0, 0.1) is 6.92 Å². The van der Waals surface area contributed by atoms with Crippen LogP contribution in [0.4, 0.5) is 0 Å². The van der Waals surface area contributed by atoms with Crippen molar-refractivity contribution < 1.29 is 9.90 Å². The van der Waals surface area contributed by atoms with Gasteiger partial charge in [-0.05, 0) is 37.3 Å². The zero-order chi connectivity index (χ0) is 14.1. The van der Waals surface area contributed by atoms with Crippen molar-refractivity contribution in [2.75, 3.05) is 13.2 Å². The Kier molecular flexibility index (Phi) is 3.49. The fraction of sp³-hybridized carbons (Fsp3) is 0.438. The number of hydrogen-bond acceptors (Lipinski definition) is 2. The van der Waals surface area contributed by atoms with E-state index in [1.807, 2.05) is 30.0 Å². The lowest BCUT2D eigenvalue weighted by Crippen LogP contribution is -2.37. The molecule has 2 aromatic rings. The second-order valence-corrected chi connectivity index (χ2v) is 5.47. The maximum atomic E-state index is 12.5. The molecular formula is C16H20N2O2. The van der Waals surface area contributed by atoms with Gasteiger partial charge >= 0.3 is 0 Å². The molecule has 0 saturated heterocycles. The number of aliphatic hydroxyl groups is 1. The van der Waals surface area contributed by atoms with E-state index in [1.54, 1.807) is 0 Å². The van der Waals surface area contributed by atoms with E-state index in [1.165, 1.54) is 0 Å². The fourth-order valence-corrected chi connectivity index (χ4v) is 2.79. The average Bonchev–Trinajstić information content (AvgIpc) is 3.22. The zero-order valence-electron chi connectivity index (χ0n) is 11.7. The van der Waals surface area contributed by atoms with Crippen LogP contribution in [0.2, 0.25) is 0 Å². The first-order valence-corrected chi connectivity index (χ1v) is 7.16. The third-order valence-corrected chi connectivity index (χ3v) is 3.96. The lowest BCUT2D eigenvalue weighted by atomic mass is 10.2. The van der Waals surface area contributed by atoms with Crippen LogP contribution in [-0.4, -0.2) is 39.7 Å². The second-order valence-electron chi connectivity index (χ2n) is 5.47. The van der Waals surface area contributed by atoms with Gasteiger partial charge in [0.05, 0.1) is 6.61 Å². The molecule has 0 spiro atoms. The summed E-state index contributed by atoms with van der Waals surface area (Å²) in [7, 11) is 0. The number of para-hydroxylation sites is 1. The van der Waals surface area contributed by atoms with Crippen LogP contribution in [0.25, 0.3) is 10.9 Å². The largest absolute Gasteiger partial charge is 0.395 e. The Labute approximate surface area is 118 Å². The second kappa shape index (κ2) is 5.29. The van der Waals surface area contributed by atoms with Gasteiger partial charge in [-0.1, -0.05) is 18.2 Å². The molecule has 3 rings (SSSR count). The van der Waals surface area contributed by atoms with E-state index in [4.69, 9.17) is 5.11 Å². The summed E-state index contributed by atoms with van der Waals surface area (Å²) in [4.78, 5) is 14.3. The van der Waals surface area contributed by atoms with Crippen molar-refractivity contribution in [1.29, 1.82) is 0 Å². The Bertz CT molecular complexity index is 628. The van der Waals surface area contributed by atoms with Gasteiger partial charge in [0.25, 0.3) is 0 Å². The van der Waals surface area contributed by atoms with E-state index >= 15 is 0 Å². The number of carbonyl (C=O) groups excluding carboxylic acids is 1. The van der Waals surface area contributed by atoms with Gasteiger partial charge in [-0.3, -0.25) is 4.79 Å². The summed E-state index contributed by atoms with van der Waals surface area (Å²) in [5, 5.41) is 10.3. The van der Waals surface area contributed by atoms with Crippen molar-refractivity contribution in [3.63, 3.8) is 0 Å². The van der Waals surface area contributed by atoms with Gasteiger partial charge in [0, 0.05) is 23.8 Å². The van der Waals surface area contributed by atoms with Gasteiger partial charge in [-0.2, -0.15) is 0 Å². The average molecular weight is 272 g/mol. The lowest BCUT2D eigenvalue weighted by molar-refractivity contribution is -0.132. The topological polar surface area (TPSA) is 45.5 Å². The summed E-state index contributed by atoms with van der Waals surface area (Å²) < 4.78 is 2.06. The maximum absolute atomic E-state index is 12.5. The van der Waals surface area contributed by atoms with Crippen LogP contribution in [0.15, 0.2) is 30.3 Å². The molecule has 1 aromatic heterocycles. The van der Waals surface area contributed by atoms with Crippen LogP contribution in [0.1, 0.15) is 18.5 Å². The molecule has 1 aliphatic rings. The number of fused-ring (bicyclic) bond motifs is 1. The minimum atomic E-state index is 0.0354. The van der Waals surface area contributed by atoms with Gasteiger partial charge in [-0.25, -0.2) is 0 Å². The number of aliphatic hydroxyl groups excluding tert-OH is 1. The minimum absolute atomic E-state index is 0.0354. The molecular weight excluding hydrogens is 252 g/mol. The highest BCUT2D eigenvalue weighted by molar-refractivity contribution is 5.84. The van der Waals surface area contributed by atoms with Gasteiger partial charge in [0.1, 0.15) is 6.54 Å². The highest BCUT2D eigenvalue weighted by Gasteiger charge is 2.32. The van der Waals surface area contributed by atoms with Gasteiger partial charge in [-0.15, -0.1) is 0 Å². The van der Waals surface area contributed by atoms with Crippen LogP contribution < -0.4 is 0 Å². The summed E-state index contributed by atoms with van der Waals surface area (Å²) >= 11 is 0. The van der Waals surface area contributed by atoms with E-state index in [-0.39, 0.29) is 12.5 Å². The highest BCUT2D eigenvalue weighted by atomic mass is 16.3. The number of aromatic nitrogens is 1. The molecule has 106 valence electrons. The summed E-state index contributed by atoms with van der Waals surface area (Å²) in [5.41, 5.74) is 2.19. The fourth-order valence-electron chi connectivity index (χ4n) is 2.79.